The predicted molar refractivity (Wildman–Crippen MR) is 298 cm³/mol. The lowest BCUT2D eigenvalue weighted by Crippen LogP contribution is -2.38. The second kappa shape index (κ2) is 15.8. The van der Waals surface area contributed by atoms with Crippen molar-refractivity contribution in [3.05, 3.63) is 295 Å². The van der Waals surface area contributed by atoms with Crippen LogP contribution in [0.1, 0.15) is 121 Å². The van der Waals surface area contributed by atoms with E-state index in [1.165, 1.54) is 128 Å². The summed E-state index contributed by atoms with van der Waals surface area (Å²) in [7, 11) is 2.07. The van der Waals surface area contributed by atoms with Crippen LogP contribution in [-0.2, 0) is 28.8 Å². The zero-order valence-electron chi connectivity index (χ0n) is 43.7. The highest BCUT2D eigenvalue weighted by molar-refractivity contribution is 5.90. The van der Waals surface area contributed by atoms with Crippen molar-refractivity contribution in [1.29, 1.82) is 0 Å². The summed E-state index contributed by atoms with van der Waals surface area (Å²) >= 11 is 0. The molecule has 0 unspecified atom stereocenters. The normalized spacial score (nSPS) is 15.0. The van der Waals surface area contributed by atoms with Crippen LogP contribution in [0.5, 0.6) is 0 Å². The molecule has 73 heavy (non-hydrogen) atoms. The van der Waals surface area contributed by atoms with Crippen molar-refractivity contribution < 1.29 is 4.57 Å². The Labute approximate surface area is 431 Å². The number of aryl methyl sites for hydroxylation is 7. The summed E-state index contributed by atoms with van der Waals surface area (Å²) in [6, 6.07) is 66.5. The summed E-state index contributed by atoms with van der Waals surface area (Å²) < 4.78 is 4.38. The quantitative estimate of drug-likeness (QED) is 0.120. The van der Waals surface area contributed by atoms with Gasteiger partial charge in [0.1, 0.15) is 0 Å². The molecular weight excluding hydrogens is 883 g/mol. The number of aromatic nitrogens is 3. The van der Waals surface area contributed by atoms with Gasteiger partial charge in [0.15, 0.2) is 5.54 Å². The molecule has 0 radical (unpaired) electrons. The summed E-state index contributed by atoms with van der Waals surface area (Å²) in [4.78, 5) is 5.45. The van der Waals surface area contributed by atoms with E-state index >= 15 is 0 Å². The van der Waals surface area contributed by atoms with Gasteiger partial charge in [0, 0.05) is 22.9 Å². The standard InChI is InChI=1S/C70H61N3/c1-43-17-23-60-54(33-43)55-34-44(2)18-24-61(55)68(60,51-14-12-16-53(40-51)70(73-32-31-72(10)42-73)64-27-21-47(5)37-58(64)59-38-48(6)22-28-65(59)70)50-13-11-15-52(39-50)69(66-41-49(29-30-71-66)67(7,8)9)62-25-19-45(3)35-56(62)57-36-46(4)20-26-63(57)69/h11-41H,1-10H3. The molecule has 0 saturated heterocycles. The SMILES string of the molecule is Cc1ccc2c(c1)-c1cc(C)ccc1C2(c1cccc(C2(c3cc(C(C)(C)C)ccn3)c3ccc(C)cc3-c3cc(C)ccc32)c1)c1cccc(C2(n3[c-][n+](C)cc3)c3ccc(C)cc3-c3cc(C)ccc32)c1. The Hall–Kier alpha value is -7.88. The van der Waals surface area contributed by atoms with Gasteiger partial charge in [0.05, 0.1) is 23.6 Å². The molecule has 8 aromatic carbocycles. The van der Waals surface area contributed by atoms with Crippen molar-refractivity contribution in [3.63, 3.8) is 0 Å². The Morgan fingerprint density at radius 2 is 0.795 bits per heavy atom. The first kappa shape index (κ1) is 45.0. The first-order valence-corrected chi connectivity index (χ1v) is 26.0. The van der Waals surface area contributed by atoms with Crippen LogP contribution >= 0.6 is 0 Å². The maximum atomic E-state index is 5.45. The lowest BCUT2D eigenvalue weighted by molar-refractivity contribution is -0.675. The number of benzene rings is 8. The molecule has 3 aliphatic carbocycles. The molecule has 2 heterocycles. The van der Waals surface area contributed by atoms with Gasteiger partial charge in [-0.05, 0) is 155 Å². The fourth-order valence-electron chi connectivity index (χ4n) is 13.5. The number of imidazole rings is 1. The number of fused-ring (bicyclic) bond motifs is 9. The van der Waals surface area contributed by atoms with Crippen LogP contribution in [0.25, 0.3) is 33.4 Å². The monoisotopic (exact) mass is 943 g/mol. The van der Waals surface area contributed by atoms with Crippen LogP contribution in [0.3, 0.4) is 0 Å². The molecule has 2 aromatic heterocycles. The van der Waals surface area contributed by atoms with E-state index < -0.39 is 16.4 Å². The third-order valence-corrected chi connectivity index (χ3v) is 16.8. The van der Waals surface area contributed by atoms with Crippen molar-refractivity contribution in [2.24, 2.45) is 7.05 Å². The molecule has 0 N–H and O–H groups in total. The van der Waals surface area contributed by atoms with Crippen LogP contribution in [0.4, 0.5) is 0 Å². The average molecular weight is 944 g/mol. The predicted octanol–water partition coefficient (Wildman–Crippen LogP) is 15.2. The highest BCUT2D eigenvalue weighted by atomic mass is 15.2. The van der Waals surface area contributed by atoms with Crippen LogP contribution in [0.15, 0.2) is 188 Å². The summed E-state index contributed by atoms with van der Waals surface area (Å²) in [5.74, 6) is 0. The van der Waals surface area contributed by atoms with Gasteiger partial charge in [-0.15, -0.1) is 0 Å². The van der Waals surface area contributed by atoms with Crippen molar-refractivity contribution >= 4 is 0 Å². The fraction of sp³-hybridized carbons (Fsp3) is 0.200. The molecule has 3 heteroatoms. The molecule has 0 bridgehead atoms. The zero-order chi connectivity index (χ0) is 50.3. The highest BCUT2D eigenvalue weighted by Crippen LogP contribution is 2.61. The van der Waals surface area contributed by atoms with Gasteiger partial charge in [-0.3, -0.25) is 4.98 Å². The number of hydrogen-bond acceptors (Lipinski definition) is 1. The third kappa shape index (κ3) is 6.24. The number of hydrogen-bond donors (Lipinski definition) is 0. The third-order valence-electron chi connectivity index (χ3n) is 16.8. The number of nitrogens with zero attached hydrogens (tertiary/aromatic N) is 3. The number of rotatable bonds is 6. The molecule has 0 amide bonds. The summed E-state index contributed by atoms with van der Waals surface area (Å²) in [5, 5.41) is 0. The minimum Gasteiger partial charge on any atom is -0.354 e. The van der Waals surface area contributed by atoms with Crippen molar-refractivity contribution in [2.45, 2.75) is 84.1 Å². The smallest absolute Gasteiger partial charge is 0.204 e. The minimum absolute atomic E-state index is 0.0840. The summed E-state index contributed by atoms with van der Waals surface area (Å²) in [6.45, 7) is 20.2. The first-order chi connectivity index (χ1) is 35.1. The molecule has 0 saturated carbocycles. The maximum absolute atomic E-state index is 5.45. The lowest BCUT2D eigenvalue weighted by Gasteiger charge is -2.38. The van der Waals surface area contributed by atoms with Crippen LogP contribution in [-0.4, -0.2) is 9.55 Å². The van der Waals surface area contributed by atoms with Crippen molar-refractivity contribution in [1.82, 2.24) is 9.55 Å². The summed E-state index contributed by atoms with van der Waals surface area (Å²) in [5.41, 5.74) is 27.7. The maximum Gasteiger partial charge on any atom is 0.204 e. The van der Waals surface area contributed by atoms with Gasteiger partial charge >= 0.3 is 0 Å². The molecule has 13 rings (SSSR count). The van der Waals surface area contributed by atoms with Gasteiger partial charge < -0.3 is 9.13 Å². The van der Waals surface area contributed by atoms with Crippen LogP contribution < -0.4 is 4.57 Å². The van der Waals surface area contributed by atoms with Gasteiger partial charge in [-0.25, -0.2) is 0 Å². The molecule has 10 aromatic rings. The Balaban J connectivity index is 1.15. The summed E-state index contributed by atoms with van der Waals surface area (Å²) in [6.07, 6.45) is 10.1. The second-order valence-electron chi connectivity index (χ2n) is 22.7. The molecule has 0 spiro atoms. The molecule has 0 fully saturated rings. The number of pyridine rings is 1. The van der Waals surface area contributed by atoms with Gasteiger partial charge in [0.2, 0.25) is 6.33 Å². The van der Waals surface area contributed by atoms with Gasteiger partial charge in [-0.1, -0.05) is 206 Å². The Morgan fingerprint density at radius 3 is 1.21 bits per heavy atom. The van der Waals surface area contributed by atoms with E-state index in [2.05, 4.69) is 267 Å². The Morgan fingerprint density at radius 1 is 0.425 bits per heavy atom. The minimum atomic E-state index is -0.720. The van der Waals surface area contributed by atoms with E-state index in [-0.39, 0.29) is 5.41 Å². The van der Waals surface area contributed by atoms with E-state index in [0.29, 0.717) is 0 Å². The van der Waals surface area contributed by atoms with E-state index in [1.807, 2.05) is 6.20 Å². The Bertz CT molecular complexity index is 3790. The molecule has 0 atom stereocenters. The van der Waals surface area contributed by atoms with Gasteiger partial charge in [0.25, 0.3) is 0 Å². The molecule has 3 aliphatic rings. The largest absolute Gasteiger partial charge is 0.354 e. The van der Waals surface area contributed by atoms with Crippen LogP contribution in [0, 0.1) is 47.9 Å². The second-order valence-corrected chi connectivity index (χ2v) is 22.7. The molecule has 356 valence electrons. The van der Waals surface area contributed by atoms with E-state index in [4.69, 9.17) is 4.98 Å². The fourth-order valence-corrected chi connectivity index (χ4v) is 13.5. The Kier molecular flexibility index (Phi) is 9.75. The van der Waals surface area contributed by atoms with E-state index in [0.717, 1.165) is 5.69 Å². The first-order valence-electron chi connectivity index (χ1n) is 26.0. The highest BCUT2D eigenvalue weighted by Gasteiger charge is 2.53. The topological polar surface area (TPSA) is 21.7 Å². The van der Waals surface area contributed by atoms with Crippen molar-refractivity contribution in [2.75, 3.05) is 0 Å². The average Bonchev–Trinajstić information content (AvgIpc) is 4.10. The molecule has 0 aliphatic heterocycles. The molecule has 3 nitrogen and oxygen atoms in total. The molecular formula is C70H61N3. The lowest BCUT2D eigenvalue weighted by atomic mass is 9.64. The zero-order valence-corrected chi connectivity index (χ0v) is 43.7. The van der Waals surface area contributed by atoms with Crippen LogP contribution in [0.2, 0.25) is 0 Å². The van der Waals surface area contributed by atoms with E-state index in [9.17, 15) is 0 Å². The van der Waals surface area contributed by atoms with Crippen molar-refractivity contribution in [3.8, 4) is 33.4 Å². The van der Waals surface area contributed by atoms with E-state index in [1.54, 1.807) is 0 Å². The van der Waals surface area contributed by atoms with Gasteiger partial charge in [-0.2, -0.15) is 0 Å².